The van der Waals surface area contributed by atoms with Crippen molar-refractivity contribution in [3.8, 4) is 0 Å². The van der Waals surface area contributed by atoms with E-state index in [1.807, 2.05) is 53.8 Å². The minimum absolute atomic E-state index is 0. The molecule has 1 aliphatic rings. The predicted octanol–water partition coefficient (Wildman–Crippen LogP) is 3.72. The number of guanidine groups is 1. The number of rotatable bonds is 4. The number of aliphatic imine (C=N–C) groups is 1. The summed E-state index contributed by atoms with van der Waals surface area (Å²) in [7, 11) is 1.91. The van der Waals surface area contributed by atoms with E-state index >= 15 is 0 Å². The maximum atomic E-state index is 14.1. The van der Waals surface area contributed by atoms with Crippen molar-refractivity contribution < 1.29 is 8.78 Å². The van der Waals surface area contributed by atoms with Gasteiger partial charge in [-0.1, -0.05) is 30.3 Å². The number of aryl methyl sites for hydroxylation is 1. The number of aromatic nitrogens is 3. The second-order valence-corrected chi connectivity index (χ2v) is 7.40. The van der Waals surface area contributed by atoms with Crippen LogP contribution in [0.2, 0.25) is 0 Å². The monoisotopic (exact) mass is 538 g/mol. The standard InChI is InChI=1S/C22H24F2N6.HI/c1-15-27-28-21(29(15)2)13-26-22(25-12-16-6-4-3-5-7-16)30-9-8-19-17(14-30)10-18(23)11-20(19)24;/h3-7,10-11H,8-9,12-14H2,1-2H3,(H,25,26);1H. The molecular weight excluding hydrogens is 513 g/mol. The molecule has 0 radical (unpaired) electrons. The van der Waals surface area contributed by atoms with Crippen molar-refractivity contribution in [2.75, 3.05) is 6.54 Å². The van der Waals surface area contributed by atoms with Gasteiger partial charge in [-0.15, -0.1) is 34.2 Å². The molecule has 4 rings (SSSR count). The Bertz CT molecular complexity index is 1070. The molecule has 2 aromatic carbocycles. The highest BCUT2D eigenvalue weighted by atomic mass is 127. The fourth-order valence-corrected chi connectivity index (χ4v) is 3.57. The normalized spacial score (nSPS) is 13.5. The fraction of sp³-hybridized carbons (Fsp3) is 0.318. The summed E-state index contributed by atoms with van der Waals surface area (Å²) in [6, 6.07) is 12.3. The maximum Gasteiger partial charge on any atom is 0.194 e. The van der Waals surface area contributed by atoms with Crippen molar-refractivity contribution >= 4 is 29.9 Å². The van der Waals surface area contributed by atoms with Crippen molar-refractivity contribution in [1.82, 2.24) is 25.0 Å². The summed E-state index contributed by atoms with van der Waals surface area (Å²) in [6.07, 6.45) is 0.497. The van der Waals surface area contributed by atoms with Gasteiger partial charge < -0.3 is 14.8 Å². The smallest absolute Gasteiger partial charge is 0.194 e. The zero-order valence-electron chi connectivity index (χ0n) is 17.5. The lowest BCUT2D eigenvalue weighted by Gasteiger charge is -2.32. The van der Waals surface area contributed by atoms with Gasteiger partial charge in [0.1, 0.15) is 17.5 Å². The van der Waals surface area contributed by atoms with Crippen LogP contribution < -0.4 is 5.32 Å². The molecule has 0 spiro atoms. The van der Waals surface area contributed by atoms with Gasteiger partial charge in [0.2, 0.25) is 0 Å². The summed E-state index contributed by atoms with van der Waals surface area (Å²) >= 11 is 0. The molecule has 0 fully saturated rings. The van der Waals surface area contributed by atoms with Crippen LogP contribution in [-0.2, 0) is 33.1 Å². The Balaban J connectivity index is 0.00000272. The van der Waals surface area contributed by atoms with Gasteiger partial charge in [-0.25, -0.2) is 13.8 Å². The predicted molar refractivity (Wildman–Crippen MR) is 126 cm³/mol. The Morgan fingerprint density at radius 3 is 2.65 bits per heavy atom. The molecule has 1 N–H and O–H groups in total. The molecule has 3 aromatic rings. The summed E-state index contributed by atoms with van der Waals surface area (Å²) in [5.41, 5.74) is 2.32. The number of benzene rings is 2. The third kappa shape index (κ3) is 5.38. The van der Waals surface area contributed by atoms with Gasteiger partial charge in [0.25, 0.3) is 0 Å². The highest BCUT2D eigenvalue weighted by Gasteiger charge is 2.23. The minimum Gasteiger partial charge on any atom is -0.349 e. The van der Waals surface area contributed by atoms with Crippen LogP contribution in [0.25, 0.3) is 0 Å². The van der Waals surface area contributed by atoms with E-state index in [4.69, 9.17) is 4.99 Å². The molecule has 0 bridgehead atoms. The molecule has 0 aliphatic carbocycles. The molecule has 2 heterocycles. The van der Waals surface area contributed by atoms with Crippen LogP contribution in [0, 0.1) is 18.6 Å². The Labute approximate surface area is 197 Å². The topological polar surface area (TPSA) is 58.3 Å². The first-order chi connectivity index (χ1) is 14.5. The lowest BCUT2D eigenvalue weighted by molar-refractivity contribution is 0.368. The van der Waals surface area contributed by atoms with Crippen LogP contribution in [0.3, 0.4) is 0 Å². The Morgan fingerprint density at radius 1 is 1.16 bits per heavy atom. The molecule has 0 atom stereocenters. The van der Waals surface area contributed by atoms with Crippen LogP contribution in [0.1, 0.15) is 28.3 Å². The van der Waals surface area contributed by atoms with Crippen molar-refractivity contribution in [1.29, 1.82) is 0 Å². The summed E-state index contributed by atoms with van der Waals surface area (Å²) in [6.45, 7) is 3.83. The zero-order chi connectivity index (χ0) is 21.1. The van der Waals surface area contributed by atoms with E-state index in [1.54, 1.807) is 0 Å². The summed E-state index contributed by atoms with van der Waals surface area (Å²) in [5, 5.41) is 11.6. The molecule has 9 heteroatoms. The third-order valence-electron chi connectivity index (χ3n) is 5.39. The quantitative estimate of drug-likeness (QED) is 0.313. The summed E-state index contributed by atoms with van der Waals surface area (Å²) in [5.74, 6) is 1.25. The van der Waals surface area contributed by atoms with Crippen LogP contribution in [0.5, 0.6) is 0 Å². The largest absolute Gasteiger partial charge is 0.349 e. The molecule has 6 nitrogen and oxygen atoms in total. The van der Waals surface area contributed by atoms with E-state index in [2.05, 4.69) is 15.5 Å². The number of nitrogens with zero attached hydrogens (tertiary/aromatic N) is 5. The summed E-state index contributed by atoms with van der Waals surface area (Å²) < 4.78 is 29.8. The van der Waals surface area contributed by atoms with E-state index in [-0.39, 0.29) is 24.0 Å². The van der Waals surface area contributed by atoms with Gasteiger partial charge in [-0.3, -0.25) is 0 Å². The molecule has 1 aliphatic heterocycles. The number of fused-ring (bicyclic) bond motifs is 1. The Morgan fingerprint density at radius 2 is 1.94 bits per heavy atom. The van der Waals surface area contributed by atoms with Crippen LogP contribution >= 0.6 is 24.0 Å². The second-order valence-electron chi connectivity index (χ2n) is 7.40. The van der Waals surface area contributed by atoms with Gasteiger partial charge >= 0.3 is 0 Å². The van der Waals surface area contributed by atoms with Crippen molar-refractivity contribution in [2.45, 2.75) is 33.0 Å². The molecule has 1 aromatic heterocycles. The first kappa shape index (κ1) is 23.1. The highest BCUT2D eigenvalue weighted by Crippen LogP contribution is 2.23. The van der Waals surface area contributed by atoms with E-state index in [0.29, 0.717) is 49.7 Å². The number of nitrogens with one attached hydrogen (secondary N) is 1. The van der Waals surface area contributed by atoms with E-state index < -0.39 is 11.6 Å². The van der Waals surface area contributed by atoms with Gasteiger partial charge in [0.05, 0.1) is 13.1 Å². The number of hydrogen-bond donors (Lipinski definition) is 1. The number of halogens is 3. The maximum absolute atomic E-state index is 14.1. The van der Waals surface area contributed by atoms with Crippen LogP contribution in [0.4, 0.5) is 8.78 Å². The van der Waals surface area contributed by atoms with Gasteiger partial charge in [-0.05, 0) is 36.1 Å². The lowest BCUT2D eigenvalue weighted by Crippen LogP contribution is -2.44. The van der Waals surface area contributed by atoms with Crippen molar-refractivity contribution in [2.24, 2.45) is 12.0 Å². The highest BCUT2D eigenvalue weighted by molar-refractivity contribution is 14.0. The summed E-state index contributed by atoms with van der Waals surface area (Å²) in [4.78, 5) is 6.79. The zero-order valence-corrected chi connectivity index (χ0v) is 19.8. The molecular formula is C22H25F2IN6. The van der Waals surface area contributed by atoms with Gasteiger partial charge in [0, 0.05) is 26.2 Å². The first-order valence-electron chi connectivity index (χ1n) is 9.90. The molecule has 164 valence electrons. The molecule has 0 unspecified atom stereocenters. The van der Waals surface area contributed by atoms with Crippen molar-refractivity contribution in [3.63, 3.8) is 0 Å². The van der Waals surface area contributed by atoms with Gasteiger partial charge in [-0.2, -0.15) is 0 Å². The SMILES string of the molecule is Cc1nnc(CNC(=NCc2ccccc2)N2CCc3c(F)cc(F)cc3C2)n1C.I. The molecule has 0 saturated heterocycles. The molecule has 0 amide bonds. The fourth-order valence-electron chi connectivity index (χ4n) is 3.57. The average molecular weight is 538 g/mol. The Kier molecular flexibility index (Phi) is 7.58. The van der Waals surface area contributed by atoms with Crippen molar-refractivity contribution in [3.05, 3.63) is 82.4 Å². The van der Waals surface area contributed by atoms with E-state index in [0.717, 1.165) is 23.3 Å². The second kappa shape index (κ2) is 10.2. The number of hydrogen-bond acceptors (Lipinski definition) is 3. The lowest BCUT2D eigenvalue weighted by atomic mass is 9.99. The van der Waals surface area contributed by atoms with Crippen LogP contribution in [-0.4, -0.2) is 32.2 Å². The third-order valence-corrected chi connectivity index (χ3v) is 5.39. The Hall–Kier alpha value is -2.56. The van der Waals surface area contributed by atoms with Crippen LogP contribution in [0.15, 0.2) is 47.5 Å². The minimum atomic E-state index is -0.557. The van der Waals surface area contributed by atoms with E-state index in [9.17, 15) is 8.78 Å². The van der Waals surface area contributed by atoms with Gasteiger partial charge in [0.15, 0.2) is 11.8 Å². The average Bonchev–Trinajstić information content (AvgIpc) is 3.06. The molecule has 0 saturated carbocycles. The van der Waals surface area contributed by atoms with E-state index in [1.165, 1.54) is 6.07 Å². The first-order valence-corrected chi connectivity index (χ1v) is 9.90. The molecule has 31 heavy (non-hydrogen) atoms.